The number of rotatable bonds is 26. The quantitative estimate of drug-likeness (QED) is 0.0115. The van der Waals surface area contributed by atoms with Crippen molar-refractivity contribution in [2.75, 3.05) is 39.8 Å². The highest BCUT2D eigenvalue weighted by Crippen LogP contribution is 2.18. The summed E-state index contributed by atoms with van der Waals surface area (Å²) in [4.78, 5) is 124. The number of halogens is 1. The van der Waals surface area contributed by atoms with Gasteiger partial charge in [0.05, 0.1) is 39.0 Å². The van der Waals surface area contributed by atoms with E-state index in [9.17, 15) is 38.4 Å². The number of nitrogens with one attached hydrogen (secondary N) is 5. The van der Waals surface area contributed by atoms with Crippen LogP contribution < -0.4 is 31.7 Å². The minimum Gasteiger partial charge on any atom is -0.467 e. The van der Waals surface area contributed by atoms with Crippen LogP contribution in [0.4, 0.5) is 11.6 Å². The summed E-state index contributed by atoms with van der Waals surface area (Å²) in [5, 5.41) is 10.5. The van der Waals surface area contributed by atoms with Gasteiger partial charge in [0, 0.05) is 54.7 Å². The first kappa shape index (κ1) is 53.3. The van der Waals surface area contributed by atoms with Crippen LogP contribution in [-0.4, -0.2) is 126 Å². The number of hydrogen-bond acceptors (Lipinski definition) is 14. The Morgan fingerprint density at radius 2 is 1.56 bits per heavy atom. The number of terminal acetylenes is 1. The molecule has 0 fully saturated rings. The summed E-state index contributed by atoms with van der Waals surface area (Å²) in [5.41, 5.74) is 1.35. The Balaban J connectivity index is 1.27. The van der Waals surface area contributed by atoms with E-state index in [2.05, 4.69) is 74.7 Å². The summed E-state index contributed by atoms with van der Waals surface area (Å²) in [7, 11) is 5.81. The molecule has 68 heavy (non-hydrogen) atoms. The van der Waals surface area contributed by atoms with E-state index in [0.29, 0.717) is 44.3 Å². The molecule has 5 N–H and O–H groups in total. The van der Waals surface area contributed by atoms with E-state index in [1.807, 2.05) is 24.3 Å². The molecule has 2 heterocycles. The number of esters is 2. The van der Waals surface area contributed by atoms with Gasteiger partial charge in [-0.2, -0.15) is 4.98 Å². The Labute approximate surface area is 406 Å². The van der Waals surface area contributed by atoms with Crippen LogP contribution >= 0.6 is 22.6 Å². The number of benzene rings is 2. The summed E-state index contributed by atoms with van der Waals surface area (Å²) >= 11 is 2.24. The zero-order chi connectivity index (χ0) is 49.6. The molecule has 5 amide bonds. The van der Waals surface area contributed by atoms with Crippen LogP contribution in [0.3, 0.4) is 0 Å². The Hall–Kier alpha value is -7.29. The number of carbonyl (C=O) groups excluding carboxylic acids is 7. The number of carbonyl (C=O) groups is 7. The van der Waals surface area contributed by atoms with Gasteiger partial charge in [0.15, 0.2) is 11.2 Å². The summed E-state index contributed by atoms with van der Waals surface area (Å²) in [6, 6.07) is 10.3. The van der Waals surface area contributed by atoms with Crippen molar-refractivity contribution in [1.82, 2.24) is 46.1 Å². The van der Waals surface area contributed by atoms with Crippen LogP contribution in [0.15, 0.2) is 64.5 Å². The summed E-state index contributed by atoms with van der Waals surface area (Å²) in [5.74, 6) is -1.35. The highest BCUT2D eigenvalue weighted by molar-refractivity contribution is 14.1. The van der Waals surface area contributed by atoms with Crippen LogP contribution in [0.1, 0.15) is 73.0 Å². The molecule has 360 valence electrons. The van der Waals surface area contributed by atoms with Gasteiger partial charge in [-0.1, -0.05) is 12.1 Å². The lowest BCUT2D eigenvalue weighted by Gasteiger charge is -2.22. The molecule has 21 nitrogen and oxygen atoms in total. The Morgan fingerprint density at radius 3 is 2.21 bits per heavy atom. The average Bonchev–Trinajstić information content (AvgIpc) is 3.33. The van der Waals surface area contributed by atoms with Crippen molar-refractivity contribution in [3.8, 4) is 12.3 Å². The second-order valence-corrected chi connectivity index (χ2v) is 16.7. The molecule has 0 aliphatic rings. The molecular weight excluding hydrogens is 993 g/mol. The van der Waals surface area contributed by atoms with Gasteiger partial charge in [-0.05, 0) is 103 Å². The highest BCUT2D eigenvalue weighted by Gasteiger charge is 2.28. The van der Waals surface area contributed by atoms with E-state index in [-0.39, 0.29) is 66.5 Å². The number of ether oxygens (including phenoxy) is 2. The minimum atomic E-state index is -1.28. The third-order valence-electron chi connectivity index (χ3n) is 10.0. The molecule has 4 rings (SSSR count). The van der Waals surface area contributed by atoms with Crippen LogP contribution in [0.2, 0.25) is 0 Å². The van der Waals surface area contributed by atoms with Gasteiger partial charge < -0.3 is 40.5 Å². The zero-order valence-corrected chi connectivity index (χ0v) is 40.2. The van der Waals surface area contributed by atoms with Crippen molar-refractivity contribution < 1.29 is 43.0 Å². The fraction of sp³-hybridized carbons (Fsp3) is 0.391. The number of fused-ring (bicyclic) bond motifs is 1. The van der Waals surface area contributed by atoms with Crippen molar-refractivity contribution in [3.63, 3.8) is 0 Å². The third-order valence-corrected chi connectivity index (χ3v) is 10.8. The van der Waals surface area contributed by atoms with E-state index in [1.165, 1.54) is 48.8 Å². The number of aromatic amines is 1. The minimum absolute atomic E-state index is 0.0448. The Bertz CT molecular complexity index is 2530. The SMILES string of the molecule is C#CCC(NC(=O)CCC(NC(=O)c1ccc(N(C=O)Cc2cnc3nc(N=CN(C)C)[nH]c(=O)c3n2)cc1)C(=O)OC)C(=O)NC(CCCCNC(=O)CCCc1ccc(I)cc1)C(=O)OC. The fourth-order valence-corrected chi connectivity index (χ4v) is 6.84. The number of unbranched alkanes of at least 4 members (excludes halogenated alkanes) is 1. The van der Waals surface area contributed by atoms with E-state index in [0.717, 1.165) is 22.7 Å². The van der Waals surface area contributed by atoms with Crippen LogP contribution in [0, 0.1) is 15.9 Å². The lowest BCUT2D eigenvalue weighted by atomic mass is 10.1. The third kappa shape index (κ3) is 17.2. The smallest absolute Gasteiger partial charge is 0.328 e. The first-order valence-electron chi connectivity index (χ1n) is 21.4. The molecule has 3 atom stereocenters. The number of amides is 5. The van der Waals surface area contributed by atoms with Crippen molar-refractivity contribution in [3.05, 3.63) is 85.5 Å². The maximum Gasteiger partial charge on any atom is 0.328 e. The maximum absolute atomic E-state index is 13.3. The molecule has 0 bridgehead atoms. The van der Waals surface area contributed by atoms with Gasteiger partial charge in [0.1, 0.15) is 18.1 Å². The van der Waals surface area contributed by atoms with Crippen molar-refractivity contribution in [1.29, 1.82) is 0 Å². The van der Waals surface area contributed by atoms with E-state index in [1.54, 1.807) is 19.0 Å². The first-order chi connectivity index (χ1) is 32.6. The second-order valence-electron chi connectivity index (χ2n) is 15.4. The van der Waals surface area contributed by atoms with Crippen molar-refractivity contribution in [2.24, 2.45) is 4.99 Å². The molecular formula is C46H54IN11O10. The number of aryl methyl sites for hydroxylation is 1. The van der Waals surface area contributed by atoms with Gasteiger partial charge in [0.2, 0.25) is 30.1 Å². The molecule has 0 aliphatic heterocycles. The molecule has 0 radical (unpaired) electrons. The molecule has 3 unspecified atom stereocenters. The maximum atomic E-state index is 13.3. The Kier molecular flexibility index (Phi) is 21.5. The van der Waals surface area contributed by atoms with Gasteiger partial charge in [-0.3, -0.25) is 33.8 Å². The topological polar surface area (TPSA) is 276 Å². The lowest BCUT2D eigenvalue weighted by molar-refractivity contribution is -0.145. The number of aliphatic imine (C=N–C) groups is 1. The number of anilines is 1. The van der Waals surface area contributed by atoms with E-state index in [4.69, 9.17) is 15.9 Å². The predicted octanol–water partition coefficient (Wildman–Crippen LogP) is 2.23. The van der Waals surface area contributed by atoms with Crippen LogP contribution in [0.5, 0.6) is 0 Å². The monoisotopic (exact) mass is 1050 g/mol. The fourth-order valence-electron chi connectivity index (χ4n) is 6.48. The molecule has 0 saturated carbocycles. The van der Waals surface area contributed by atoms with Crippen LogP contribution in [0.25, 0.3) is 11.2 Å². The van der Waals surface area contributed by atoms with Gasteiger partial charge in [-0.25, -0.2) is 24.5 Å². The molecule has 0 saturated heterocycles. The van der Waals surface area contributed by atoms with Crippen molar-refractivity contribution in [2.45, 2.75) is 82.5 Å². The molecule has 0 aliphatic carbocycles. The molecule has 22 heteroatoms. The molecule has 2 aromatic heterocycles. The molecule has 2 aromatic carbocycles. The van der Waals surface area contributed by atoms with E-state index >= 15 is 0 Å². The molecule has 4 aromatic rings. The van der Waals surface area contributed by atoms with Crippen LogP contribution in [-0.2, 0) is 51.2 Å². The van der Waals surface area contributed by atoms with Gasteiger partial charge in [-0.15, -0.1) is 12.3 Å². The number of aromatic nitrogens is 4. The standard InChI is InChI=1S/C46H54IN11O10/c1-6-10-34(42(63)54-35(44(65)67-4)12-7-8-24-48-37(60)13-9-11-29-14-18-31(47)19-15-29)52-38(61)23-22-36(45(66)68-5)53-41(62)30-16-20-33(21-17-30)58(28-59)26-32-25-49-40-39(51-32)43(64)56-46(55-40)50-27-57(2)3/h1,14-21,25,27-28,34-36H,7-13,22-24,26H2,2-5H3,(H,48,60)(H,52,61)(H,53,62)(H,54,63)(H,49,55,56,64). The largest absolute Gasteiger partial charge is 0.467 e. The number of methoxy groups -OCH3 is 2. The summed E-state index contributed by atoms with van der Waals surface area (Å²) < 4.78 is 10.9. The summed E-state index contributed by atoms with van der Waals surface area (Å²) in [6.45, 7) is 0.294. The predicted molar refractivity (Wildman–Crippen MR) is 259 cm³/mol. The zero-order valence-electron chi connectivity index (χ0n) is 38.1. The second kappa shape index (κ2) is 27.4. The number of nitrogens with zero attached hydrogens (tertiary/aromatic N) is 6. The normalized spacial score (nSPS) is 12.2. The Morgan fingerprint density at radius 1 is 0.868 bits per heavy atom. The van der Waals surface area contributed by atoms with Gasteiger partial charge in [0.25, 0.3) is 11.5 Å². The van der Waals surface area contributed by atoms with E-state index < -0.39 is 53.3 Å². The average molecular weight is 1050 g/mol. The number of H-pyrrole nitrogens is 1. The lowest BCUT2D eigenvalue weighted by Crippen LogP contribution is -2.52. The first-order valence-corrected chi connectivity index (χ1v) is 22.5. The summed E-state index contributed by atoms with van der Waals surface area (Å²) in [6.07, 6.45) is 11.1. The van der Waals surface area contributed by atoms with Crippen molar-refractivity contribution >= 4 is 93.7 Å². The molecule has 0 spiro atoms. The number of hydrogen-bond donors (Lipinski definition) is 5. The highest BCUT2D eigenvalue weighted by atomic mass is 127. The van der Waals surface area contributed by atoms with Gasteiger partial charge >= 0.3 is 11.9 Å².